The van der Waals surface area contributed by atoms with Gasteiger partial charge in [0.15, 0.2) is 0 Å². The Bertz CT molecular complexity index is 611. The van der Waals surface area contributed by atoms with Crippen LogP contribution in [-0.2, 0) is 10.9 Å². The molecule has 0 aliphatic carbocycles. The van der Waals surface area contributed by atoms with Crippen LogP contribution in [0.1, 0.15) is 21.7 Å². The third kappa shape index (κ3) is 1.94. The SMILES string of the molecule is COC(=O)c1c(C)oc2cc(C(F)(F)F)ccc12. The molecule has 3 nitrogen and oxygen atoms in total. The molecule has 0 saturated heterocycles. The van der Waals surface area contributed by atoms with E-state index in [1.807, 2.05) is 0 Å². The van der Waals surface area contributed by atoms with Crippen LogP contribution < -0.4 is 0 Å². The zero-order valence-electron chi connectivity index (χ0n) is 9.59. The molecule has 0 saturated carbocycles. The van der Waals surface area contributed by atoms with Gasteiger partial charge in [0.2, 0.25) is 0 Å². The number of halogens is 3. The van der Waals surface area contributed by atoms with Gasteiger partial charge in [-0.05, 0) is 25.1 Å². The van der Waals surface area contributed by atoms with Crippen molar-refractivity contribution in [3.63, 3.8) is 0 Å². The Balaban J connectivity index is 2.65. The second-order valence-corrected chi connectivity index (χ2v) is 3.73. The van der Waals surface area contributed by atoms with E-state index in [2.05, 4.69) is 4.74 Å². The van der Waals surface area contributed by atoms with E-state index in [4.69, 9.17) is 4.42 Å². The van der Waals surface area contributed by atoms with Gasteiger partial charge < -0.3 is 9.15 Å². The molecule has 0 radical (unpaired) electrons. The van der Waals surface area contributed by atoms with E-state index >= 15 is 0 Å². The first-order valence-corrected chi connectivity index (χ1v) is 5.03. The Morgan fingerprint density at radius 3 is 2.56 bits per heavy atom. The molecule has 0 amide bonds. The van der Waals surface area contributed by atoms with Gasteiger partial charge in [0.25, 0.3) is 0 Å². The van der Waals surface area contributed by atoms with E-state index in [0.717, 1.165) is 12.1 Å². The van der Waals surface area contributed by atoms with E-state index < -0.39 is 17.7 Å². The van der Waals surface area contributed by atoms with Crippen LogP contribution in [0.2, 0.25) is 0 Å². The number of aryl methyl sites for hydroxylation is 1. The maximum absolute atomic E-state index is 12.5. The van der Waals surface area contributed by atoms with Crippen LogP contribution in [0.5, 0.6) is 0 Å². The maximum Gasteiger partial charge on any atom is 0.416 e. The fraction of sp³-hybridized carbons (Fsp3) is 0.250. The average molecular weight is 258 g/mol. The van der Waals surface area contributed by atoms with Crippen LogP contribution in [0.15, 0.2) is 22.6 Å². The minimum Gasteiger partial charge on any atom is -0.465 e. The summed E-state index contributed by atoms with van der Waals surface area (Å²) < 4.78 is 47.3. The minimum absolute atomic E-state index is 0.0164. The van der Waals surface area contributed by atoms with E-state index in [1.165, 1.54) is 20.1 Å². The van der Waals surface area contributed by atoms with Gasteiger partial charge in [-0.1, -0.05) is 0 Å². The lowest BCUT2D eigenvalue weighted by Gasteiger charge is -2.05. The summed E-state index contributed by atoms with van der Waals surface area (Å²) in [7, 11) is 1.20. The largest absolute Gasteiger partial charge is 0.465 e. The Morgan fingerprint density at radius 2 is 2.00 bits per heavy atom. The van der Waals surface area contributed by atoms with Crippen LogP contribution in [0, 0.1) is 6.92 Å². The van der Waals surface area contributed by atoms with Crippen LogP contribution in [-0.4, -0.2) is 13.1 Å². The number of ether oxygens (including phenoxy) is 1. The molecule has 0 aliphatic heterocycles. The summed E-state index contributed by atoms with van der Waals surface area (Å²) in [5.74, 6) is -0.401. The van der Waals surface area contributed by atoms with Gasteiger partial charge in [-0.15, -0.1) is 0 Å². The highest BCUT2D eigenvalue weighted by atomic mass is 19.4. The molecular formula is C12H9F3O3. The zero-order chi connectivity index (χ0) is 13.5. The van der Waals surface area contributed by atoms with E-state index in [1.54, 1.807) is 0 Å². The van der Waals surface area contributed by atoms with Crippen molar-refractivity contribution in [2.75, 3.05) is 7.11 Å². The van der Waals surface area contributed by atoms with Crippen LogP contribution in [0.25, 0.3) is 11.0 Å². The summed E-state index contributed by atoms with van der Waals surface area (Å²) in [5.41, 5.74) is -0.649. The molecule has 1 aromatic heterocycles. The van der Waals surface area contributed by atoms with Crippen molar-refractivity contribution in [1.82, 2.24) is 0 Å². The van der Waals surface area contributed by atoms with Gasteiger partial charge in [0.05, 0.1) is 12.7 Å². The second kappa shape index (κ2) is 4.04. The van der Waals surface area contributed by atoms with E-state index in [-0.39, 0.29) is 16.9 Å². The number of hydrogen-bond donors (Lipinski definition) is 0. The van der Waals surface area contributed by atoms with Gasteiger partial charge in [0, 0.05) is 5.39 Å². The van der Waals surface area contributed by atoms with Crippen molar-refractivity contribution in [2.45, 2.75) is 13.1 Å². The van der Waals surface area contributed by atoms with Crippen molar-refractivity contribution in [1.29, 1.82) is 0 Å². The van der Waals surface area contributed by atoms with E-state index in [9.17, 15) is 18.0 Å². The molecule has 0 unspecified atom stereocenters. The van der Waals surface area contributed by atoms with Gasteiger partial charge in [-0.25, -0.2) is 4.79 Å². The Labute approximate surface area is 100 Å². The first kappa shape index (κ1) is 12.5. The lowest BCUT2D eigenvalue weighted by atomic mass is 10.1. The summed E-state index contributed by atoms with van der Waals surface area (Å²) in [5, 5.41) is 0.312. The number of carbonyl (C=O) groups excluding carboxylic acids is 1. The molecule has 18 heavy (non-hydrogen) atoms. The second-order valence-electron chi connectivity index (χ2n) is 3.73. The summed E-state index contributed by atoms with van der Waals surface area (Å²) in [6.45, 7) is 1.50. The number of benzene rings is 1. The smallest absolute Gasteiger partial charge is 0.416 e. The Kier molecular flexibility index (Phi) is 2.80. The Hall–Kier alpha value is -1.98. The highest BCUT2D eigenvalue weighted by Crippen LogP contribution is 2.34. The minimum atomic E-state index is -4.44. The predicted molar refractivity (Wildman–Crippen MR) is 57.3 cm³/mol. The summed E-state index contributed by atoms with van der Waals surface area (Å²) in [6, 6.07) is 2.99. The lowest BCUT2D eigenvalue weighted by Crippen LogP contribution is -2.04. The molecule has 1 heterocycles. The first-order valence-electron chi connectivity index (χ1n) is 5.03. The van der Waals surface area contributed by atoms with Gasteiger partial charge in [0.1, 0.15) is 16.9 Å². The number of alkyl halides is 3. The number of esters is 1. The molecule has 1 aromatic carbocycles. The molecule has 0 bridgehead atoms. The number of hydrogen-bond acceptors (Lipinski definition) is 3. The first-order chi connectivity index (χ1) is 8.34. The predicted octanol–water partition coefficient (Wildman–Crippen LogP) is 3.55. The number of rotatable bonds is 1. The van der Waals surface area contributed by atoms with Crippen molar-refractivity contribution in [3.8, 4) is 0 Å². The summed E-state index contributed by atoms with van der Waals surface area (Å²) in [6.07, 6.45) is -4.44. The number of furan rings is 1. The highest BCUT2D eigenvalue weighted by molar-refractivity contribution is 6.04. The van der Waals surface area contributed by atoms with Crippen molar-refractivity contribution in [2.24, 2.45) is 0 Å². The van der Waals surface area contributed by atoms with Gasteiger partial charge >= 0.3 is 12.1 Å². The lowest BCUT2D eigenvalue weighted by molar-refractivity contribution is -0.137. The van der Waals surface area contributed by atoms with Crippen molar-refractivity contribution >= 4 is 16.9 Å². The van der Waals surface area contributed by atoms with Crippen LogP contribution in [0.4, 0.5) is 13.2 Å². The quantitative estimate of drug-likeness (QED) is 0.734. The number of methoxy groups -OCH3 is 1. The van der Waals surface area contributed by atoms with Crippen molar-refractivity contribution in [3.05, 3.63) is 35.1 Å². The highest BCUT2D eigenvalue weighted by Gasteiger charge is 2.31. The fourth-order valence-corrected chi connectivity index (χ4v) is 1.75. The van der Waals surface area contributed by atoms with Gasteiger partial charge in [-0.2, -0.15) is 13.2 Å². The van der Waals surface area contributed by atoms with Crippen LogP contribution >= 0.6 is 0 Å². The molecule has 0 fully saturated rings. The normalized spacial score (nSPS) is 11.8. The topological polar surface area (TPSA) is 39.4 Å². The zero-order valence-corrected chi connectivity index (χ0v) is 9.59. The van der Waals surface area contributed by atoms with E-state index in [0.29, 0.717) is 5.39 Å². The molecule has 0 aliphatic rings. The molecule has 0 atom stereocenters. The molecule has 2 aromatic rings. The molecule has 6 heteroatoms. The van der Waals surface area contributed by atoms with Gasteiger partial charge in [-0.3, -0.25) is 0 Å². The molecule has 0 N–H and O–H groups in total. The molecule has 0 spiro atoms. The summed E-state index contributed by atoms with van der Waals surface area (Å²) >= 11 is 0. The molecule has 2 rings (SSSR count). The third-order valence-corrected chi connectivity index (χ3v) is 2.58. The number of carbonyl (C=O) groups is 1. The standard InChI is InChI=1S/C12H9F3O3/c1-6-10(11(16)17-2)8-4-3-7(12(13,14)15)5-9(8)18-6/h3-5H,1-2H3. The van der Waals surface area contributed by atoms with Crippen molar-refractivity contribution < 1.29 is 27.1 Å². The third-order valence-electron chi connectivity index (χ3n) is 2.58. The summed E-state index contributed by atoms with van der Waals surface area (Å²) in [4.78, 5) is 11.5. The molecular weight excluding hydrogens is 249 g/mol. The maximum atomic E-state index is 12.5. The monoisotopic (exact) mass is 258 g/mol. The number of fused-ring (bicyclic) bond motifs is 1. The van der Waals surface area contributed by atoms with Crippen LogP contribution in [0.3, 0.4) is 0 Å². The Morgan fingerprint density at radius 1 is 1.33 bits per heavy atom. The average Bonchev–Trinajstić information content (AvgIpc) is 2.61. The molecule has 96 valence electrons. The fourth-order valence-electron chi connectivity index (χ4n) is 1.75.